The standard InChI is InChI=1S/C24H19N3O2/c28-24-20-15-22(27-21(20)11-13-26-24)17-10-12-25-18(14-17)6-7-19-8-9-23(29-19)16-4-2-1-3-5-16/h1-10,12,14-15,27H,11,13H2,(H,26,28)/b7-6+. The Balaban J connectivity index is 1.38. The van der Waals surface area contributed by atoms with Crippen LogP contribution in [0.2, 0.25) is 0 Å². The van der Waals surface area contributed by atoms with Crippen LogP contribution in [-0.2, 0) is 6.42 Å². The van der Waals surface area contributed by atoms with E-state index in [0.29, 0.717) is 6.54 Å². The number of hydrogen-bond donors (Lipinski definition) is 2. The minimum absolute atomic E-state index is 0.0186. The average molecular weight is 381 g/mol. The first-order chi connectivity index (χ1) is 14.3. The first kappa shape index (κ1) is 17.3. The number of furan rings is 1. The van der Waals surface area contributed by atoms with Gasteiger partial charge in [0.2, 0.25) is 0 Å². The van der Waals surface area contributed by atoms with E-state index < -0.39 is 0 Å². The van der Waals surface area contributed by atoms with Gasteiger partial charge in [0.25, 0.3) is 5.91 Å². The summed E-state index contributed by atoms with van der Waals surface area (Å²) in [6.07, 6.45) is 6.42. The Morgan fingerprint density at radius 2 is 1.86 bits per heavy atom. The number of aromatic nitrogens is 2. The lowest BCUT2D eigenvalue weighted by Gasteiger charge is -2.10. The molecule has 142 valence electrons. The molecular weight excluding hydrogens is 362 g/mol. The lowest BCUT2D eigenvalue weighted by Crippen LogP contribution is -2.31. The molecule has 4 aromatic rings. The van der Waals surface area contributed by atoms with Crippen LogP contribution >= 0.6 is 0 Å². The third-order valence-electron chi connectivity index (χ3n) is 5.00. The largest absolute Gasteiger partial charge is 0.457 e. The number of nitrogens with zero attached hydrogens (tertiary/aromatic N) is 1. The predicted molar refractivity (Wildman–Crippen MR) is 113 cm³/mol. The van der Waals surface area contributed by atoms with Crippen LogP contribution < -0.4 is 5.32 Å². The molecule has 1 aromatic carbocycles. The maximum Gasteiger partial charge on any atom is 0.253 e. The Kier molecular flexibility index (Phi) is 4.33. The van der Waals surface area contributed by atoms with Crippen LogP contribution in [0.3, 0.4) is 0 Å². The number of fused-ring (bicyclic) bond motifs is 1. The fourth-order valence-corrected chi connectivity index (χ4v) is 3.52. The van der Waals surface area contributed by atoms with Gasteiger partial charge >= 0.3 is 0 Å². The van der Waals surface area contributed by atoms with Crippen molar-refractivity contribution in [2.24, 2.45) is 0 Å². The van der Waals surface area contributed by atoms with Crippen molar-refractivity contribution in [3.05, 3.63) is 89.6 Å². The summed E-state index contributed by atoms with van der Waals surface area (Å²) in [5, 5.41) is 2.87. The summed E-state index contributed by atoms with van der Waals surface area (Å²) in [6.45, 7) is 0.671. The molecule has 0 saturated heterocycles. The van der Waals surface area contributed by atoms with E-state index >= 15 is 0 Å². The molecule has 5 heteroatoms. The average Bonchev–Trinajstić information content (AvgIpc) is 3.41. The molecule has 4 heterocycles. The van der Waals surface area contributed by atoms with Gasteiger partial charge in [-0.15, -0.1) is 0 Å². The van der Waals surface area contributed by atoms with Crippen molar-refractivity contribution in [3.63, 3.8) is 0 Å². The van der Waals surface area contributed by atoms with E-state index in [1.54, 1.807) is 6.20 Å². The normalized spacial score (nSPS) is 13.4. The van der Waals surface area contributed by atoms with Crippen LogP contribution in [0.4, 0.5) is 0 Å². The highest BCUT2D eigenvalue weighted by Gasteiger charge is 2.19. The number of H-pyrrole nitrogens is 1. The van der Waals surface area contributed by atoms with E-state index in [0.717, 1.165) is 51.7 Å². The predicted octanol–water partition coefficient (Wildman–Crippen LogP) is 4.79. The minimum Gasteiger partial charge on any atom is -0.457 e. The zero-order valence-corrected chi connectivity index (χ0v) is 15.7. The van der Waals surface area contributed by atoms with Crippen molar-refractivity contribution in [2.45, 2.75) is 6.42 Å². The smallest absolute Gasteiger partial charge is 0.253 e. The number of rotatable bonds is 4. The number of amides is 1. The molecule has 0 bridgehead atoms. The number of nitrogens with one attached hydrogen (secondary N) is 2. The molecule has 0 unspecified atom stereocenters. The van der Waals surface area contributed by atoms with Crippen LogP contribution in [0.1, 0.15) is 27.5 Å². The Hall–Kier alpha value is -3.86. The third-order valence-corrected chi connectivity index (χ3v) is 5.00. The Bertz CT molecular complexity index is 1200. The maximum absolute atomic E-state index is 12.0. The van der Waals surface area contributed by atoms with Gasteiger partial charge in [-0.25, -0.2) is 0 Å². The number of pyridine rings is 1. The molecule has 0 fully saturated rings. The van der Waals surface area contributed by atoms with E-state index in [-0.39, 0.29) is 5.91 Å². The fraction of sp³-hybridized carbons (Fsp3) is 0.0833. The molecule has 0 saturated carbocycles. The number of aromatic amines is 1. The highest BCUT2D eigenvalue weighted by Crippen LogP contribution is 2.25. The summed E-state index contributed by atoms with van der Waals surface area (Å²) in [7, 11) is 0. The van der Waals surface area contributed by atoms with Crippen LogP contribution in [0, 0.1) is 0 Å². The summed E-state index contributed by atoms with van der Waals surface area (Å²) in [5.41, 5.74) is 5.50. The van der Waals surface area contributed by atoms with Gasteiger partial charge in [-0.1, -0.05) is 30.3 Å². The summed E-state index contributed by atoms with van der Waals surface area (Å²) in [5.74, 6) is 1.58. The SMILES string of the molecule is O=C1NCCc2[nH]c(-c3ccnc(/C=C/c4ccc(-c5ccccc5)o4)c3)cc21. The highest BCUT2D eigenvalue weighted by molar-refractivity contribution is 5.97. The molecule has 5 nitrogen and oxygen atoms in total. The van der Waals surface area contributed by atoms with Crippen LogP contribution in [0.15, 0.2) is 71.3 Å². The molecule has 1 aliphatic rings. The zero-order valence-electron chi connectivity index (χ0n) is 15.7. The summed E-state index contributed by atoms with van der Waals surface area (Å²) in [4.78, 5) is 19.8. The lowest BCUT2D eigenvalue weighted by atomic mass is 10.1. The first-order valence-electron chi connectivity index (χ1n) is 9.56. The van der Waals surface area contributed by atoms with Crippen LogP contribution in [0.25, 0.3) is 34.7 Å². The number of benzene rings is 1. The van der Waals surface area contributed by atoms with Crippen molar-refractivity contribution in [3.8, 4) is 22.6 Å². The molecule has 1 amide bonds. The van der Waals surface area contributed by atoms with E-state index in [4.69, 9.17) is 4.42 Å². The van der Waals surface area contributed by atoms with Crippen molar-refractivity contribution in [1.29, 1.82) is 0 Å². The molecule has 0 spiro atoms. The third kappa shape index (κ3) is 3.50. The molecule has 3 aromatic heterocycles. The second-order valence-electron chi connectivity index (χ2n) is 6.95. The monoisotopic (exact) mass is 381 g/mol. The van der Waals surface area contributed by atoms with Crippen molar-refractivity contribution >= 4 is 18.1 Å². The molecule has 1 aliphatic heterocycles. The highest BCUT2D eigenvalue weighted by atomic mass is 16.3. The van der Waals surface area contributed by atoms with E-state index in [2.05, 4.69) is 15.3 Å². The summed E-state index contributed by atoms with van der Waals surface area (Å²) in [6, 6.07) is 19.8. The summed E-state index contributed by atoms with van der Waals surface area (Å²) >= 11 is 0. The minimum atomic E-state index is -0.0186. The van der Waals surface area contributed by atoms with Crippen LogP contribution in [-0.4, -0.2) is 22.4 Å². The van der Waals surface area contributed by atoms with Gasteiger partial charge in [-0.05, 0) is 42.5 Å². The van der Waals surface area contributed by atoms with Crippen molar-refractivity contribution in [1.82, 2.24) is 15.3 Å². The second kappa shape index (κ2) is 7.28. The van der Waals surface area contributed by atoms with Gasteiger partial charge < -0.3 is 14.7 Å². The molecule has 0 radical (unpaired) electrons. The molecule has 0 aliphatic carbocycles. The number of carbonyl (C=O) groups excluding carboxylic acids is 1. The van der Waals surface area contributed by atoms with Crippen molar-refractivity contribution in [2.75, 3.05) is 6.54 Å². The van der Waals surface area contributed by atoms with Crippen molar-refractivity contribution < 1.29 is 9.21 Å². The molecule has 5 rings (SSSR count). The molecule has 29 heavy (non-hydrogen) atoms. The fourth-order valence-electron chi connectivity index (χ4n) is 3.52. The van der Waals surface area contributed by atoms with Gasteiger partial charge in [-0.2, -0.15) is 0 Å². The summed E-state index contributed by atoms with van der Waals surface area (Å²) < 4.78 is 5.91. The quantitative estimate of drug-likeness (QED) is 0.534. The topological polar surface area (TPSA) is 70.9 Å². The lowest BCUT2D eigenvalue weighted by molar-refractivity contribution is 0.0946. The second-order valence-corrected chi connectivity index (χ2v) is 6.95. The van der Waals surface area contributed by atoms with Gasteiger partial charge in [0.05, 0.1) is 11.3 Å². The Morgan fingerprint density at radius 1 is 0.966 bits per heavy atom. The van der Waals surface area contributed by atoms with Gasteiger partial charge in [0, 0.05) is 41.7 Å². The van der Waals surface area contributed by atoms with Gasteiger partial charge in [0.15, 0.2) is 0 Å². The Morgan fingerprint density at radius 3 is 2.72 bits per heavy atom. The van der Waals surface area contributed by atoms with Gasteiger partial charge in [0.1, 0.15) is 11.5 Å². The molecule has 2 N–H and O–H groups in total. The molecule has 0 atom stereocenters. The Labute approximate surface area is 168 Å². The van der Waals surface area contributed by atoms with E-state index in [9.17, 15) is 4.79 Å². The van der Waals surface area contributed by atoms with E-state index in [1.165, 1.54) is 0 Å². The number of carbonyl (C=O) groups is 1. The molecular formula is C24H19N3O2. The number of hydrogen-bond acceptors (Lipinski definition) is 3. The van der Waals surface area contributed by atoms with Crippen LogP contribution in [0.5, 0.6) is 0 Å². The van der Waals surface area contributed by atoms with E-state index in [1.807, 2.05) is 72.8 Å². The van der Waals surface area contributed by atoms with Gasteiger partial charge in [-0.3, -0.25) is 9.78 Å². The zero-order chi connectivity index (χ0) is 19.6. The first-order valence-corrected chi connectivity index (χ1v) is 9.56. The maximum atomic E-state index is 12.0.